The van der Waals surface area contributed by atoms with E-state index >= 15 is 0 Å². The summed E-state index contributed by atoms with van der Waals surface area (Å²) in [5.41, 5.74) is 21.7. The topological polar surface area (TPSA) is 0 Å². The number of hydrogen-bond donors (Lipinski definition) is 0. The lowest BCUT2D eigenvalue weighted by molar-refractivity contribution is 0.660. The molecule has 0 aromatic heterocycles. The highest BCUT2D eigenvalue weighted by molar-refractivity contribution is 6.24. The van der Waals surface area contributed by atoms with Gasteiger partial charge < -0.3 is 0 Å². The van der Waals surface area contributed by atoms with E-state index in [-0.39, 0.29) is 10.8 Å². The molecule has 56 heavy (non-hydrogen) atoms. The van der Waals surface area contributed by atoms with Crippen LogP contribution < -0.4 is 0 Å². The van der Waals surface area contributed by atoms with Crippen LogP contribution in [0.5, 0.6) is 0 Å². The van der Waals surface area contributed by atoms with E-state index in [4.69, 9.17) is 0 Å². The molecule has 12 rings (SSSR count). The van der Waals surface area contributed by atoms with Gasteiger partial charge in [0.05, 0.1) is 0 Å². The van der Waals surface area contributed by atoms with Crippen LogP contribution in [0.3, 0.4) is 0 Å². The number of aryl methyl sites for hydroxylation is 2. The monoisotopic (exact) mass is 714 g/mol. The van der Waals surface area contributed by atoms with Gasteiger partial charge in [-0.25, -0.2) is 0 Å². The standard InChI is InChI=1S/C56H42/c1-55(2)49-19-10-8-14-39(49)46-31-37(25-29-50(46)55)53-42-15-5-6-16-43(42)54(44-27-22-34-21-20-33-12-11-17-41(44)52(33)34)45-28-24-35(30-47(45)53)36-23-26-40-38-13-7-9-18-48(38)56(3,4)51(40)32-36/h5-19,22-32H,20-21H2,1-4H3. The molecule has 9 aromatic rings. The van der Waals surface area contributed by atoms with E-state index in [1.807, 2.05) is 0 Å². The molecular weight excluding hydrogens is 673 g/mol. The van der Waals surface area contributed by atoms with Crippen LogP contribution in [0.2, 0.25) is 0 Å². The quantitative estimate of drug-likeness (QED) is 0.160. The Morgan fingerprint density at radius 3 is 1.64 bits per heavy atom. The first-order valence-electron chi connectivity index (χ1n) is 20.3. The predicted molar refractivity (Wildman–Crippen MR) is 238 cm³/mol. The molecule has 0 saturated heterocycles. The molecule has 0 amide bonds. The lowest BCUT2D eigenvalue weighted by atomic mass is 9.80. The van der Waals surface area contributed by atoms with Gasteiger partial charge in [0.1, 0.15) is 0 Å². The highest BCUT2D eigenvalue weighted by Gasteiger charge is 2.37. The van der Waals surface area contributed by atoms with Crippen LogP contribution in [0.15, 0.2) is 158 Å². The molecular formula is C56H42. The Bertz CT molecular complexity index is 3180. The van der Waals surface area contributed by atoms with E-state index < -0.39 is 0 Å². The molecule has 0 radical (unpaired) electrons. The minimum atomic E-state index is -0.0580. The summed E-state index contributed by atoms with van der Waals surface area (Å²) in [6.07, 6.45) is 2.25. The Balaban J connectivity index is 1.16. The molecule has 0 N–H and O–H groups in total. The van der Waals surface area contributed by atoms with Crippen LogP contribution in [0.1, 0.15) is 61.1 Å². The van der Waals surface area contributed by atoms with Crippen molar-refractivity contribution < 1.29 is 0 Å². The summed E-state index contributed by atoms with van der Waals surface area (Å²) in [4.78, 5) is 0. The highest BCUT2D eigenvalue weighted by atomic mass is 14.4. The average molecular weight is 715 g/mol. The largest absolute Gasteiger partial charge is 0.0619 e. The summed E-state index contributed by atoms with van der Waals surface area (Å²) in [5.74, 6) is 0. The van der Waals surface area contributed by atoms with Gasteiger partial charge in [0.25, 0.3) is 0 Å². The fourth-order valence-corrected chi connectivity index (χ4v) is 11.2. The summed E-state index contributed by atoms with van der Waals surface area (Å²) in [6, 6.07) is 60.7. The second-order valence-electron chi connectivity index (χ2n) is 17.5. The minimum absolute atomic E-state index is 0.0393. The van der Waals surface area contributed by atoms with Crippen LogP contribution >= 0.6 is 0 Å². The van der Waals surface area contributed by atoms with Gasteiger partial charge in [-0.2, -0.15) is 0 Å². The number of benzene rings is 9. The molecule has 9 aromatic carbocycles. The first kappa shape index (κ1) is 32.0. The van der Waals surface area contributed by atoms with Gasteiger partial charge in [0.2, 0.25) is 0 Å². The van der Waals surface area contributed by atoms with Gasteiger partial charge in [-0.1, -0.05) is 167 Å². The van der Waals surface area contributed by atoms with Gasteiger partial charge >= 0.3 is 0 Å². The Hall–Kier alpha value is -6.24. The van der Waals surface area contributed by atoms with Crippen LogP contribution in [0, 0.1) is 0 Å². The van der Waals surface area contributed by atoms with Crippen LogP contribution in [-0.2, 0) is 23.7 Å². The van der Waals surface area contributed by atoms with E-state index in [1.54, 1.807) is 0 Å². The van der Waals surface area contributed by atoms with E-state index in [0.29, 0.717) is 0 Å². The van der Waals surface area contributed by atoms with E-state index in [0.717, 1.165) is 12.8 Å². The molecule has 0 aliphatic heterocycles. The normalized spacial score (nSPS) is 15.3. The first-order valence-corrected chi connectivity index (χ1v) is 20.3. The third-order valence-corrected chi connectivity index (χ3v) is 14.0. The fraction of sp³-hybridized carbons (Fsp3) is 0.143. The zero-order valence-corrected chi connectivity index (χ0v) is 32.4. The maximum atomic E-state index is 2.50. The average Bonchev–Trinajstić information content (AvgIpc) is 3.83. The molecule has 0 saturated carbocycles. The molecule has 3 aliphatic rings. The Labute approximate surface area is 329 Å². The molecule has 0 fully saturated rings. The van der Waals surface area contributed by atoms with Gasteiger partial charge in [-0.3, -0.25) is 0 Å². The fourth-order valence-electron chi connectivity index (χ4n) is 11.2. The van der Waals surface area contributed by atoms with Gasteiger partial charge in [0, 0.05) is 10.8 Å². The van der Waals surface area contributed by atoms with Crippen molar-refractivity contribution >= 4 is 32.3 Å². The van der Waals surface area contributed by atoms with Crippen molar-refractivity contribution in [2.24, 2.45) is 0 Å². The molecule has 0 bridgehead atoms. The smallest absolute Gasteiger partial charge is 0.0159 e. The van der Waals surface area contributed by atoms with Gasteiger partial charge in [0.15, 0.2) is 0 Å². The number of fused-ring (bicyclic) bond motifs is 8. The SMILES string of the molecule is CC1(C)c2ccccc2-c2cc(-c3c4ccccc4c(-c4ccc5c6c(cccc46)CC5)c4ccc(-c5ccc6c(c5)C(C)(C)c5ccccc5-6)cc34)ccc21. The van der Waals surface area contributed by atoms with Crippen molar-refractivity contribution in [1.29, 1.82) is 0 Å². The third-order valence-electron chi connectivity index (χ3n) is 14.0. The van der Waals surface area contributed by atoms with Gasteiger partial charge in [-0.05, 0) is 152 Å². The zero-order valence-electron chi connectivity index (χ0n) is 32.4. The third kappa shape index (κ3) is 4.20. The molecule has 0 unspecified atom stereocenters. The van der Waals surface area contributed by atoms with Crippen LogP contribution in [0.25, 0.3) is 88.0 Å². The Morgan fingerprint density at radius 1 is 0.321 bits per heavy atom. The number of rotatable bonds is 3. The van der Waals surface area contributed by atoms with Crippen molar-refractivity contribution in [1.82, 2.24) is 0 Å². The second-order valence-corrected chi connectivity index (χ2v) is 17.5. The van der Waals surface area contributed by atoms with Crippen molar-refractivity contribution in [3.05, 3.63) is 191 Å². The second kappa shape index (κ2) is 11.2. The maximum Gasteiger partial charge on any atom is 0.0159 e. The van der Waals surface area contributed by atoms with E-state index in [2.05, 4.69) is 185 Å². The molecule has 0 heteroatoms. The molecule has 0 heterocycles. The zero-order chi connectivity index (χ0) is 37.5. The molecule has 0 spiro atoms. The number of hydrogen-bond acceptors (Lipinski definition) is 0. The summed E-state index contributed by atoms with van der Waals surface area (Å²) in [7, 11) is 0. The highest BCUT2D eigenvalue weighted by Crippen LogP contribution is 2.53. The summed E-state index contributed by atoms with van der Waals surface area (Å²) < 4.78 is 0. The minimum Gasteiger partial charge on any atom is -0.0619 e. The lowest BCUT2D eigenvalue weighted by Gasteiger charge is -2.23. The lowest BCUT2D eigenvalue weighted by Crippen LogP contribution is -2.14. The predicted octanol–water partition coefficient (Wildman–Crippen LogP) is 14.9. The summed E-state index contributed by atoms with van der Waals surface area (Å²) in [6.45, 7) is 9.50. The van der Waals surface area contributed by atoms with Crippen molar-refractivity contribution in [3.63, 3.8) is 0 Å². The first-order chi connectivity index (χ1) is 27.3. The molecule has 266 valence electrons. The molecule has 0 nitrogen and oxygen atoms in total. The molecule has 0 atom stereocenters. The van der Waals surface area contributed by atoms with Crippen molar-refractivity contribution in [3.8, 4) is 55.6 Å². The molecule has 3 aliphatic carbocycles. The maximum absolute atomic E-state index is 2.50. The van der Waals surface area contributed by atoms with E-state index in [9.17, 15) is 0 Å². The van der Waals surface area contributed by atoms with Crippen LogP contribution in [-0.4, -0.2) is 0 Å². The van der Waals surface area contributed by atoms with Crippen molar-refractivity contribution in [2.75, 3.05) is 0 Å². The van der Waals surface area contributed by atoms with Crippen molar-refractivity contribution in [2.45, 2.75) is 51.4 Å². The van der Waals surface area contributed by atoms with Crippen LogP contribution in [0.4, 0.5) is 0 Å². The summed E-state index contributed by atoms with van der Waals surface area (Å²) >= 11 is 0. The Kier molecular flexibility index (Phi) is 6.40. The Morgan fingerprint density at radius 2 is 0.857 bits per heavy atom. The summed E-state index contributed by atoms with van der Waals surface area (Å²) in [5, 5.41) is 8.04. The van der Waals surface area contributed by atoms with E-state index in [1.165, 1.54) is 121 Å². The van der Waals surface area contributed by atoms with Gasteiger partial charge in [-0.15, -0.1) is 0 Å².